The number of hydrogen-bond acceptors (Lipinski definition) is 3. The van der Waals surface area contributed by atoms with E-state index in [1.165, 1.54) is 0 Å². The summed E-state index contributed by atoms with van der Waals surface area (Å²) in [6.45, 7) is 2.50. The highest BCUT2D eigenvalue weighted by atomic mass is 35.5. The Kier molecular flexibility index (Phi) is 3.46. The second kappa shape index (κ2) is 5.03. The Labute approximate surface area is 105 Å². The van der Waals surface area contributed by atoms with Gasteiger partial charge < -0.3 is 4.74 Å². The third-order valence-electron chi connectivity index (χ3n) is 2.40. The van der Waals surface area contributed by atoms with Crippen LogP contribution in [0.5, 0.6) is 5.75 Å². The summed E-state index contributed by atoms with van der Waals surface area (Å²) in [7, 11) is 0. The molecule has 1 aromatic heterocycles. The van der Waals surface area contributed by atoms with E-state index in [1.807, 2.05) is 31.2 Å². The van der Waals surface area contributed by atoms with Gasteiger partial charge in [0, 0.05) is 10.9 Å². The molecule has 0 fully saturated rings. The van der Waals surface area contributed by atoms with Crippen LogP contribution in [0, 0.1) is 11.3 Å². The number of pyridine rings is 1. The lowest BCUT2D eigenvalue weighted by molar-refractivity contribution is 0.343. The third kappa shape index (κ3) is 2.32. The van der Waals surface area contributed by atoms with E-state index in [9.17, 15) is 0 Å². The predicted molar refractivity (Wildman–Crippen MR) is 67.2 cm³/mol. The van der Waals surface area contributed by atoms with Gasteiger partial charge in [0.25, 0.3) is 0 Å². The number of nitrogens with zero attached hydrogens (tertiary/aromatic N) is 2. The topological polar surface area (TPSA) is 45.9 Å². The van der Waals surface area contributed by atoms with E-state index in [1.54, 1.807) is 0 Å². The summed E-state index contributed by atoms with van der Waals surface area (Å²) in [5.74, 6) is 0.718. The van der Waals surface area contributed by atoms with Crippen LogP contribution in [0.4, 0.5) is 0 Å². The molecule has 0 atom stereocenters. The number of nitriles is 1. The van der Waals surface area contributed by atoms with E-state index in [0.29, 0.717) is 11.8 Å². The molecule has 0 saturated carbocycles. The fraction of sp³-hybridized carbons (Fsp3) is 0.231. The van der Waals surface area contributed by atoms with Gasteiger partial charge in [0.1, 0.15) is 16.4 Å². The van der Waals surface area contributed by atoms with Crippen molar-refractivity contribution in [3.63, 3.8) is 0 Å². The second-order valence-electron chi connectivity index (χ2n) is 3.53. The van der Waals surface area contributed by atoms with Crippen LogP contribution in [0.25, 0.3) is 10.9 Å². The summed E-state index contributed by atoms with van der Waals surface area (Å²) in [4.78, 5) is 4.30. The third-order valence-corrected chi connectivity index (χ3v) is 2.73. The lowest BCUT2D eigenvalue weighted by Crippen LogP contribution is -1.95. The van der Waals surface area contributed by atoms with Gasteiger partial charge in [-0.3, -0.25) is 0 Å². The molecule has 0 aliphatic rings. The molecular formula is C13H11ClN2O. The van der Waals surface area contributed by atoms with Crippen molar-refractivity contribution < 1.29 is 4.74 Å². The van der Waals surface area contributed by atoms with Crippen molar-refractivity contribution in [1.29, 1.82) is 5.26 Å². The van der Waals surface area contributed by atoms with Crippen LogP contribution in [-0.2, 0) is 6.42 Å². The minimum atomic E-state index is 0.265. The lowest BCUT2D eigenvalue weighted by atomic mass is 10.1. The molecule has 0 saturated heterocycles. The van der Waals surface area contributed by atoms with Crippen molar-refractivity contribution >= 4 is 22.5 Å². The first-order valence-corrected chi connectivity index (χ1v) is 5.72. The number of hydrogen-bond donors (Lipinski definition) is 0. The number of aromatic nitrogens is 1. The van der Waals surface area contributed by atoms with Gasteiger partial charge in [-0.05, 0) is 19.1 Å². The van der Waals surface area contributed by atoms with Gasteiger partial charge in [-0.15, -0.1) is 0 Å². The molecule has 4 heteroatoms. The molecule has 0 unspecified atom stereocenters. The van der Waals surface area contributed by atoms with Crippen LogP contribution >= 0.6 is 11.6 Å². The van der Waals surface area contributed by atoms with Crippen LogP contribution in [0.15, 0.2) is 24.3 Å². The minimum absolute atomic E-state index is 0.265. The molecule has 2 aromatic rings. The van der Waals surface area contributed by atoms with E-state index < -0.39 is 0 Å². The molecule has 0 aliphatic heterocycles. The van der Waals surface area contributed by atoms with Crippen LogP contribution in [-0.4, -0.2) is 11.6 Å². The fourth-order valence-corrected chi connectivity index (χ4v) is 1.88. The zero-order valence-electron chi connectivity index (χ0n) is 9.40. The van der Waals surface area contributed by atoms with E-state index >= 15 is 0 Å². The Hall–Kier alpha value is -1.79. The zero-order valence-corrected chi connectivity index (χ0v) is 10.2. The Bertz CT molecular complexity index is 590. The van der Waals surface area contributed by atoms with Crippen molar-refractivity contribution in [2.45, 2.75) is 13.3 Å². The molecule has 86 valence electrons. The maximum Gasteiger partial charge on any atom is 0.145 e. The Morgan fingerprint density at radius 3 is 3.00 bits per heavy atom. The molecular weight excluding hydrogens is 236 g/mol. The average molecular weight is 247 g/mol. The minimum Gasteiger partial charge on any atom is -0.492 e. The van der Waals surface area contributed by atoms with Crippen molar-refractivity contribution in [3.05, 3.63) is 35.0 Å². The first-order chi connectivity index (χ1) is 8.26. The van der Waals surface area contributed by atoms with Crippen LogP contribution in [0.2, 0.25) is 5.15 Å². The first kappa shape index (κ1) is 11.7. The molecule has 0 bridgehead atoms. The largest absolute Gasteiger partial charge is 0.492 e. The van der Waals surface area contributed by atoms with Gasteiger partial charge in [0.15, 0.2) is 0 Å². The average Bonchev–Trinajstić information content (AvgIpc) is 2.32. The Balaban J connectivity index is 2.61. The van der Waals surface area contributed by atoms with E-state index in [2.05, 4.69) is 11.1 Å². The quantitative estimate of drug-likeness (QED) is 0.780. The molecule has 1 aromatic carbocycles. The van der Waals surface area contributed by atoms with Crippen molar-refractivity contribution in [2.24, 2.45) is 0 Å². The van der Waals surface area contributed by atoms with Crippen LogP contribution in [0.1, 0.15) is 12.5 Å². The summed E-state index contributed by atoms with van der Waals surface area (Å²) >= 11 is 6.04. The summed E-state index contributed by atoms with van der Waals surface area (Å²) in [6.07, 6.45) is 0.265. The van der Waals surface area contributed by atoms with Crippen molar-refractivity contribution in [1.82, 2.24) is 4.98 Å². The van der Waals surface area contributed by atoms with Gasteiger partial charge in [0.2, 0.25) is 0 Å². The molecule has 1 heterocycles. The standard InChI is InChI=1S/C13H11ClN2O/c1-2-17-11-5-3-4-9-8-10(6-7-15)13(14)16-12(9)11/h3-5,8H,2,6H2,1H3. The van der Waals surface area contributed by atoms with E-state index in [-0.39, 0.29) is 6.42 Å². The van der Waals surface area contributed by atoms with Gasteiger partial charge >= 0.3 is 0 Å². The monoisotopic (exact) mass is 246 g/mol. The maximum atomic E-state index is 8.69. The summed E-state index contributed by atoms with van der Waals surface area (Å²) < 4.78 is 5.49. The zero-order chi connectivity index (χ0) is 12.3. The number of halogens is 1. The highest BCUT2D eigenvalue weighted by molar-refractivity contribution is 6.30. The molecule has 0 radical (unpaired) electrons. The fourth-order valence-electron chi connectivity index (χ4n) is 1.67. The normalized spacial score (nSPS) is 10.2. The number of rotatable bonds is 3. The molecule has 0 spiro atoms. The highest BCUT2D eigenvalue weighted by Crippen LogP contribution is 2.27. The van der Waals surface area contributed by atoms with Gasteiger partial charge in [-0.25, -0.2) is 4.98 Å². The van der Waals surface area contributed by atoms with Crippen LogP contribution in [0.3, 0.4) is 0 Å². The van der Waals surface area contributed by atoms with E-state index in [0.717, 1.165) is 22.2 Å². The predicted octanol–water partition coefficient (Wildman–Crippen LogP) is 3.35. The lowest BCUT2D eigenvalue weighted by Gasteiger charge is -2.08. The Morgan fingerprint density at radius 1 is 1.47 bits per heavy atom. The molecule has 0 amide bonds. The first-order valence-electron chi connectivity index (χ1n) is 5.34. The van der Waals surface area contributed by atoms with Crippen molar-refractivity contribution in [3.8, 4) is 11.8 Å². The molecule has 0 aliphatic carbocycles. The van der Waals surface area contributed by atoms with Gasteiger partial charge in [-0.2, -0.15) is 5.26 Å². The summed E-state index contributed by atoms with van der Waals surface area (Å²) in [6, 6.07) is 9.65. The highest BCUT2D eigenvalue weighted by Gasteiger charge is 2.08. The van der Waals surface area contributed by atoms with Gasteiger partial charge in [0.05, 0.1) is 19.1 Å². The second-order valence-corrected chi connectivity index (χ2v) is 3.89. The summed E-state index contributed by atoms with van der Waals surface area (Å²) in [5.41, 5.74) is 1.48. The maximum absolute atomic E-state index is 8.69. The molecule has 3 nitrogen and oxygen atoms in total. The van der Waals surface area contributed by atoms with Crippen LogP contribution < -0.4 is 4.74 Å². The molecule has 2 rings (SSSR count). The smallest absolute Gasteiger partial charge is 0.145 e. The van der Waals surface area contributed by atoms with Gasteiger partial charge in [-0.1, -0.05) is 23.7 Å². The number of fused-ring (bicyclic) bond motifs is 1. The number of benzene rings is 1. The van der Waals surface area contributed by atoms with Crippen molar-refractivity contribution in [2.75, 3.05) is 6.61 Å². The molecule has 0 N–H and O–H groups in total. The Morgan fingerprint density at radius 2 is 2.29 bits per heavy atom. The van der Waals surface area contributed by atoms with E-state index in [4.69, 9.17) is 21.6 Å². The summed E-state index contributed by atoms with van der Waals surface area (Å²) in [5, 5.41) is 10.00. The molecule has 17 heavy (non-hydrogen) atoms. The number of ether oxygens (including phenoxy) is 1. The SMILES string of the molecule is CCOc1cccc2cc(CC#N)c(Cl)nc12. The number of para-hydroxylation sites is 1.